The Morgan fingerprint density at radius 2 is 2.13 bits per heavy atom. The van der Waals surface area contributed by atoms with Gasteiger partial charge in [0.1, 0.15) is 0 Å². The fourth-order valence-electron chi connectivity index (χ4n) is 3.40. The number of carbonyl (C=O) groups excluding carboxylic acids is 1. The minimum atomic E-state index is -0.448. The topological polar surface area (TPSA) is 50.8 Å². The van der Waals surface area contributed by atoms with E-state index in [-0.39, 0.29) is 6.03 Å². The van der Waals surface area contributed by atoms with Crippen molar-refractivity contribution in [2.45, 2.75) is 38.4 Å². The van der Waals surface area contributed by atoms with Crippen molar-refractivity contribution in [3.63, 3.8) is 0 Å². The number of likely N-dealkylation sites (tertiary alicyclic amines) is 1. The summed E-state index contributed by atoms with van der Waals surface area (Å²) in [5, 5.41) is 5.14. The molecule has 6 heteroatoms. The Balaban J connectivity index is 1.43. The second-order valence-electron chi connectivity index (χ2n) is 6.58. The number of thiophene rings is 1. The first-order chi connectivity index (χ1) is 11.1. The first-order valence-corrected chi connectivity index (χ1v) is 9.30. The van der Waals surface area contributed by atoms with E-state index >= 15 is 0 Å². The molecule has 2 aliphatic heterocycles. The molecule has 3 heterocycles. The van der Waals surface area contributed by atoms with Gasteiger partial charge in [-0.2, -0.15) is 0 Å². The summed E-state index contributed by atoms with van der Waals surface area (Å²) in [6.07, 6.45) is 1.87. The van der Waals surface area contributed by atoms with Crippen LogP contribution in [0.2, 0.25) is 0 Å². The molecule has 2 aliphatic rings. The predicted octanol–water partition coefficient (Wildman–Crippen LogP) is 3.04. The van der Waals surface area contributed by atoms with Crippen molar-refractivity contribution in [1.29, 1.82) is 0 Å². The first-order valence-electron chi connectivity index (χ1n) is 8.42. The highest BCUT2D eigenvalue weighted by atomic mass is 32.1. The SMILES string of the molecule is CC(CNC(=O)N1CCC(C2(C)OCCO2)CC1)c1cccs1. The van der Waals surface area contributed by atoms with E-state index in [0.717, 1.165) is 25.9 Å². The van der Waals surface area contributed by atoms with Crippen LogP contribution < -0.4 is 5.32 Å². The lowest BCUT2D eigenvalue weighted by Gasteiger charge is -2.39. The van der Waals surface area contributed by atoms with E-state index in [0.29, 0.717) is 31.6 Å². The van der Waals surface area contributed by atoms with Crippen LogP contribution in [0, 0.1) is 5.92 Å². The number of amides is 2. The summed E-state index contributed by atoms with van der Waals surface area (Å²) in [5.41, 5.74) is 0. The van der Waals surface area contributed by atoms with Gasteiger partial charge in [0.15, 0.2) is 5.79 Å². The molecule has 23 heavy (non-hydrogen) atoms. The number of ether oxygens (including phenoxy) is 2. The molecule has 1 aromatic heterocycles. The van der Waals surface area contributed by atoms with Gasteiger partial charge < -0.3 is 19.7 Å². The number of piperidine rings is 1. The third-order valence-corrected chi connectivity index (χ3v) is 6.08. The van der Waals surface area contributed by atoms with Crippen molar-refractivity contribution in [1.82, 2.24) is 10.2 Å². The van der Waals surface area contributed by atoms with Gasteiger partial charge in [0.05, 0.1) is 13.2 Å². The van der Waals surface area contributed by atoms with Crippen molar-refractivity contribution in [2.24, 2.45) is 5.92 Å². The zero-order chi connectivity index (χ0) is 16.3. The largest absolute Gasteiger partial charge is 0.348 e. The summed E-state index contributed by atoms with van der Waals surface area (Å²) < 4.78 is 11.5. The van der Waals surface area contributed by atoms with E-state index < -0.39 is 5.79 Å². The monoisotopic (exact) mass is 338 g/mol. The molecule has 0 bridgehead atoms. The first kappa shape index (κ1) is 16.7. The molecule has 0 saturated carbocycles. The highest BCUT2D eigenvalue weighted by molar-refractivity contribution is 7.10. The van der Waals surface area contributed by atoms with E-state index in [1.807, 2.05) is 11.8 Å². The number of carbonyl (C=O) groups is 1. The number of rotatable bonds is 4. The second-order valence-corrected chi connectivity index (χ2v) is 7.56. The fraction of sp³-hybridized carbons (Fsp3) is 0.706. The number of hydrogen-bond acceptors (Lipinski definition) is 4. The molecule has 2 fully saturated rings. The molecule has 3 rings (SSSR count). The lowest BCUT2D eigenvalue weighted by Crippen LogP contribution is -2.49. The van der Waals surface area contributed by atoms with Crippen molar-refractivity contribution in [3.8, 4) is 0 Å². The van der Waals surface area contributed by atoms with Gasteiger partial charge >= 0.3 is 6.03 Å². The molecule has 0 aromatic carbocycles. The van der Waals surface area contributed by atoms with Gasteiger partial charge in [-0.05, 0) is 31.2 Å². The number of urea groups is 1. The lowest BCUT2D eigenvalue weighted by molar-refractivity contribution is -0.189. The number of nitrogens with one attached hydrogen (secondary N) is 1. The summed E-state index contributed by atoms with van der Waals surface area (Å²) in [4.78, 5) is 15.6. The second kappa shape index (κ2) is 7.20. The lowest BCUT2D eigenvalue weighted by atomic mass is 9.89. The van der Waals surface area contributed by atoms with Gasteiger partial charge in [0.25, 0.3) is 0 Å². The molecule has 0 radical (unpaired) electrons. The Hall–Kier alpha value is -1.11. The molecule has 1 N–H and O–H groups in total. The van der Waals surface area contributed by atoms with Crippen LogP contribution in [0.25, 0.3) is 0 Å². The normalized spacial score (nSPS) is 23.0. The molecule has 1 unspecified atom stereocenters. The van der Waals surface area contributed by atoms with Crippen LogP contribution in [0.5, 0.6) is 0 Å². The van der Waals surface area contributed by atoms with E-state index in [2.05, 4.69) is 29.8 Å². The maximum Gasteiger partial charge on any atom is 0.317 e. The van der Waals surface area contributed by atoms with E-state index in [9.17, 15) is 4.79 Å². The van der Waals surface area contributed by atoms with Crippen LogP contribution in [-0.4, -0.2) is 49.6 Å². The quantitative estimate of drug-likeness (QED) is 0.918. The maximum atomic E-state index is 12.3. The highest BCUT2D eigenvalue weighted by Gasteiger charge is 2.41. The smallest absolute Gasteiger partial charge is 0.317 e. The van der Waals surface area contributed by atoms with Crippen LogP contribution in [-0.2, 0) is 9.47 Å². The summed E-state index contributed by atoms with van der Waals surface area (Å²) >= 11 is 1.74. The van der Waals surface area contributed by atoms with Crippen molar-refractivity contribution in [3.05, 3.63) is 22.4 Å². The fourth-order valence-corrected chi connectivity index (χ4v) is 4.18. The van der Waals surface area contributed by atoms with Crippen LogP contribution in [0.4, 0.5) is 4.79 Å². The Bertz CT molecular complexity index is 506. The molecule has 1 atom stereocenters. The summed E-state index contributed by atoms with van der Waals surface area (Å²) in [5.74, 6) is 0.283. The van der Waals surface area contributed by atoms with Crippen LogP contribution in [0.15, 0.2) is 17.5 Å². The van der Waals surface area contributed by atoms with Crippen LogP contribution in [0.1, 0.15) is 37.5 Å². The molecule has 5 nitrogen and oxygen atoms in total. The minimum absolute atomic E-state index is 0.0465. The van der Waals surface area contributed by atoms with Crippen molar-refractivity contribution >= 4 is 17.4 Å². The molecular weight excluding hydrogens is 312 g/mol. The third-order valence-electron chi connectivity index (χ3n) is 4.97. The Kier molecular flexibility index (Phi) is 5.24. The summed E-state index contributed by atoms with van der Waals surface area (Å²) in [7, 11) is 0. The zero-order valence-corrected chi connectivity index (χ0v) is 14.7. The van der Waals surface area contributed by atoms with Gasteiger partial charge in [-0.3, -0.25) is 0 Å². The average molecular weight is 338 g/mol. The van der Waals surface area contributed by atoms with Gasteiger partial charge in [-0.15, -0.1) is 11.3 Å². The van der Waals surface area contributed by atoms with Gasteiger partial charge in [0, 0.05) is 36.3 Å². The molecule has 0 spiro atoms. The highest BCUT2D eigenvalue weighted by Crippen LogP contribution is 2.34. The average Bonchev–Trinajstić information content (AvgIpc) is 3.25. The van der Waals surface area contributed by atoms with Crippen LogP contribution >= 0.6 is 11.3 Å². The maximum absolute atomic E-state index is 12.3. The molecule has 2 saturated heterocycles. The van der Waals surface area contributed by atoms with Crippen molar-refractivity contribution in [2.75, 3.05) is 32.8 Å². The molecule has 2 amide bonds. The molecular formula is C17H26N2O3S. The van der Waals surface area contributed by atoms with Crippen LogP contribution in [0.3, 0.4) is 0 Å². The third kappa shape index (κ3) is 3.87. The van der Waals surface area contributed by atoms with Gasteiger partial charge in [0.2, 0.25) is 0 Å². The van der Waals surface area contributed by atoms with E-state index in [1.54, 1.807) is 11.3 Å². The van der Waals surface area contributed by atoms with Gasteiger partial charge in [-0.1, -0.05) is 13.0 Å². The van der Waals surface area contributed by atoms with E-state index in [1.165, 1.54) is 4.88 Å². The number of hydrogen-bond donors (Lipinski definition) is 1. The van der Waals surface area contributed by atoms with Crippen molar-refractivity contribution < 1.29 is 14.3 Å². The minimum Gasteiger partial charge on any atom is -0.348 e. The van der Waals surface area contributed by atoms with Gasteiger partial charge in [-0.25, -0.2) is 4.79 Å². The zero-order valence-electron chi connectivity index (χ0n) is 13.9. The summed E-state index contributed by atoms with van der Waals surface area (Å²) in [6.45, 7) is 7.76. The molecule has 0 aliphatic carbocycles. The standard InChI is InChI=1S/C17H26N2O3S/c1-13(15-4-3-11-23-15)12-18-16(20)19-7-5-14(6-8-19)17(2)21-9-10-22-17/h3-4,11,13-14H,5-10,12H2,1-2H3,(H,18,20). The Labute approximate surface area is 142 Å². The molecule has 1 aromatic rings. The molecule has 128 valence electrons. The Morgan fingerprint density at radius 1 is 1.43 bits per heavy atom. The predicted molar refractivity (Wildman–Crippen MR) is 90.7 cm³/mol. The Morgan fingerprint density at radius 3 is 2.74 bits per heavy atom. The van der Waals surface area contributed by atoms with E-state index in [4.69, 9.17) is 9.47 Å². The number of nitrogens with zero attached hydrogens (tertiary/aromatic N) is 1. The summed E-state index contributed by atoms with van der Waals surface area (Å²) in [6, 6.07) is 4.22.